The highest BCUT2D eigenvalue weighted by Gasteiger charge is 2.01. The van der Waals surface area contributed by atoms with Gasteiger partial charge in [-0.3, -0.25) is 4.79 Å². The van der Waals surface area contributed by atoms with Gasteiger partial charge in [-0.25, -0.2) is 4.79 Å². The largest absolute Gasteiger partial charge is 0.480 e. The molecule has 0 saturated carbocycles. The first kappa shape index (κ1) is 22.8. The number of aliphatic carboxylic acids is 1. The number of carboxylic acids is 1. The number of carboxylic acid groups (broad SMARTS) is 1. The van der Waals surface area contributed by atoms with Gasteiger partial charge in [0, 0.05) is 19.4 Å². The van der Waals surface area contributed by atoms with E-state index in [2.05, 4.69) is 19.1 Å². The Morgan fingerprint density at radius 2 is 1.42 bits per heavy atom. The van der Waals surface area contributed by atoms with Crippen LogP contribution in [0.4, 0.5) is 0 Å². The third-order valence-corrected chi connectivity index (χ3v) is 3.94. The normalized spacial score (nSPS) is 11.2. The van der Waals surface area contributed by atoms with Crippen LogP contribution in [0.5, 0.6) is 0 Å². The molecule has 0 radical (unpaired) electrons. The number of allylic oxidation sites excluding steroid dienone is 2. The zero-order valence-electron chi connectivity index (χ0n) is 15.4. The van der Waals surface area contributed by atoms with Crippen molar-refractivity contribution in [2.45, 2.75) is 90.4 Å². The number of hydrogen-bond donors (Lipinski definition) is 1. The van der Waals surface area contributed by atoms with Crippen molar-refractivity contribution >= 4 is 11.8 Å². The Bertz CT molecular complexity index is 337. The minimum Gasteiger partial charge on any atom is -0.480 e. The summed E-state index contributed by atoms with van der Waals surface area (Å²) in [6.45, 7) is 2.51. The Balaban J connectivity index is 3.23. The second kappa shape index (κ2) is 18.2. The van der Waals surface area contributed by atoms with Gasteiger partial charge in [-0.05, 0) is 44.9 Å². The van der Waals surface area contributed by atoms with E-state index in [-0.39, 0.29) is 6.61 Å². The fourth-order valence-corrected chi connectivity index (χ4v) is 2.50. The van der Waals surface area contributed by atoms with E-state index < -0.39 is 5.97 Å². The van der Waals surface area contributed by atoms with Gasteiger partial charge in [-0.1, -0.05) is 44.8 Å². The first-order valence-corrected chi connectivity index (χ1v) is 9.63. The molecule has 0 unspecified atom stereocenters. The Morgan fingerprint density at radius 3 is 2.00 bits per heavy atom. The van der Waals surface area contributed by atoms with Crippen molar-refractivity contribution in [3.63, 3.8) is 0 Å². The summed E-state index contributed by atoms with van der Waals surface area (Å²) < 4.78 is 4.97. The molecule has 0 aliphatic carbocycles. The van der Waals surface area contributed by atoms with E-state index in [0.29, 0.717) is 12.4 Å². The van der Waals surface area contributed by atoms with E-state index in [1.54, 1.807) is 0 Å². The molecule has 140 valence electrons. The van der Waals surface area contributed by atoms with Gasteiger partial charge in [0.15, 0.2) is 0 Å². The number of hydrogen-bond acceptors (Lipinski definition) is 3. The van der Waals surface area contributed by atoms with Gasteiger partial charge in [0.2, 0.25) is 0 Å². The third kappa shape index (κ3) is 18.9. The van der Waals surface area contributed by atoms with E-state index in [4.69, 9.17) is 9.84 Å². The van der Waals surface area contributed by atoms with Crippen LogP contribution in [-0.2, 0) is 14.3 Å². The van der Waals surface area contributed by atoms with E-state index >= 15 is 0 Å². The minimum absolute atomic E-state index is 0.197. The van der Waals surface area contributed by atoms with Crippen LogP contribution >= 0.6 is 0 Å². The molecule has 4 nitrogen and oxygen atoms in total. The molecule has 0 aromatic rings. The molecule has 0 heterocycles. The average Bonchev–Trinajstić information content (AvgIpc) is 2.55. The predicted molar refractivity (Wildman–Crippen MR) is 98.3 cm³/mol. The third-order valence-electron chi connectivity index (χ3n) is 3.94. The zero-order chi connectivity index (χ0) is 17.9. The lowest BCUT2D eigenvalue weighted by molar-refractivity contribution is -0.142. The summed E-state index contributed by atoms with van der Waals surface area (Å²) in [6.07, 6.45) is 18.0. The molecule has 0 amide bonds. The topological polar surface area (TPSA) is 63.6 Å². The molecule has 0 aliphatic heterocycles. The summed E-state index contributed by atoms with van der Waals surface area (Å²) >= 11 is 0. The second-order valence-electron chi connectivity index (χ2n) is 6.36. The Morgan fingerprint density at radius 1 is 0.833 bits per heavy atom. The van der Waals surface area contributed by atoms with Crippen molar-refractivity contribution in [2.75, 3.05) is 13.2 Å². The van der Waals surface area contributed by atoms with Crippen LogP contribution in [0.15, 0.2) is 12.2 Å². The molecular formula is C20H36O4. The van der Waals surface area contributed by atoms with Gasteiger partial charge in [-0.15, -0.1) is 0 Å². The summed E-state index contributed by atoms with van der Waals surface area (Å²) in [5.74, 6) is -0.472. The number of ketones is 1. The number of Topliss-reactive ketones (excluding diaryl/α,β-unsaturated/α-hetero) is 1. The predicted octanol–water partition coefficient (Wildman–Crippen LogP) is 5.30. The number of carbonyl (C=O) groups is 2. The number of unbranched alkanes of at least 4 members (excludes halogenated alkanes) is 8. The standard InChI is InChI=1S/C20H36O4/c1-2-3-4-12-15-19(21)16-13-10-8-6-5-7-9-11-14-17-24-18-20(22)23/h5,7H,2-4,6,8-18H2,1H3,(H,22,23)/b7-5-. The van der Waals surface area contributed by atoms with Gasteiger partial charge in [0.1, 0.15) is 12.4 Å². The Labute approximate surface area is 147 Å². The van der Waals surface area contributed by atoms with Crippen LogP contribution in [0.3, 0.4) is 0 Å². The monoisotopic (exact) mass is 340 g/mol. The Hall–Kier alpha value is -1.16. The maximum absolute atomic E-state index is 11.7. The van der Waals surface area contributed by atoms with Crippen molar-refractivity contribution in [3.8, 4) is 0 Å². The molecule has 1 N–H and O–H groups in total. The van der Waals surface area contributed by atoms with Gasteiger partial charge in [0.05, 0.1) is 0 Å². The summed E-state index contributed by atoms with van der Waals surface area (Å²) in [6, 6.07) is 0. The van der Waals surface area contributed by atoms with Crippen LogP contribution in [0.2, 0.25) is 0 Å². The highest BCUT2D eigenvalue weighted by Crippen LogP contribution is 2.09. The molecule has 0 spiro atoms. The quantitative estimate of drug-likeness (QED) is 0.271. The number of rotatable bonds is 18. The van der Waals surface area contributed by atoms with Gasteiger partial charge >= 0.3 is 5.97 Å². The molecule has 0 aliphatic rings. The molecule has 0 aromatic carbocycles. The smallest absolute Gasteiger partial charge is 0.329 e. The first-order chi connectivity index (χ1) is 11.7. The van der Waals surface area contributed by atoms with Crippen molar-refractivity contribution in [3.05, 3.63) is 12.2 Å². The fraction of sp³-hybridized carbons (Fsp3) is 0.800. The van der Waals surface area contributed by atoms with Crippen LogP contribution in [-0.4, -0.2) is 30.1 Å². The summed E-state index contributed by atoms with van der Waals surface area (Å²) in [7, 11) is 0. The van der Waals surface area contributed by atoms with Crippen molar-refractivity contribution in [1.82, 2.24) is 0 Å². The minimum atomic E-state index is -0.909. The van der Waals surface area contributed by atoms with E-state index in [1.165, 1.54) is 19.3 Å². The highest BCUT2D eigenvalue weighted by molar-refractivity contribution is 5.78. The van der Waals surface area contributed by atoms with E-state index in [1.807, 2.05) is 0 Å². The molecule has 0 aromatic heterocycles. The van der Waals surface area contributed by atoms with Crippen LogP contribution in [0.25, 0.3) is 0 Å². The van der Waals surface area contributed by atoms with Crippen LogP contribution in [0, 0.1) is 0 Å². The van der Waals surface area contributed by atoms with Gasteiger partial charge < -0.3 is 9.84 Å². The van der Waals surface area contributed by atoms with Gasteiger partial charge in [-0.2, -0.15) is 0 Å². The lowest BCUT2D eigenvalue weighted by Crippen LogP contribution is -2.07. The number of carbonyl (C=O) groups excluding carboxylic acids is 1. The van der Waals surface area contributed by atoms with Crippen LogP contribution in [0.1, 0.15) is 90.4 Å². The molecule has 0 atom stereocenters. The van der Waals surface area contributed by atoms with Gasteiger partial charge in [0.25, 0.3) is 0 Å². The van der Waals surface area contributed by atoms with Crippen molar-refractivity contribution in [2.24, 2.45) is 0 Å². The summed E-state index contributed by atoms with van der Waals surface area (Å²) in [5, 5.41) is 8.41. The molecule has 0 saturated heterocycles. The molecule has 0 fully saturated rings. The zero-order valence-corrected chi connectivity index (χ0v) is 15.4. The van der Waals surface area contributed by atoms with E-state index in [0.717, 1.165) is 64.2 Å². The second-order valence-corrected chi connectivity index (χ2v) is 6.36. The maximum atomic E-state index is 11.7. The van der Waals surface area contributed by atoms with Crippen molar-refractivity contribution < 1.29 is 19.4 Å². The molecule has 24 heavy (non-hydrogen) atoms. The van der Waals surface area contributed by atoms with E-state index in [9.17, 15) is 9.59 Å². The van der Waals surface area contributed by atoms with Crippen LogP contribution < -0.4 is 0 Å². The molecule has 0 bridgehead atoms. The highest BCUT2D eigenvalue weighted by atomic mass is 16.5. The SMILES string of the molecule is CCCCCCC(=O)CCCCC/C=C\CCCCOCC(=O)O. The Kier molecular flexibility index (Phi) is 17.3. The first-order valence-electron chi connectivity index (χ1n) is 9.63. The van der Waals surface area contributed by atoms with Crippen molar-refractivity contribution in [1.29, 1.82) is 0 Å². The fourth-order valence-electron chi connectivity index (χ4n) is 2.50. The number of ether oxygens (including phenoxy) is 1. The summed E-state index contributed by atoms with van der Waals surface area (Å²) in [4.78, 5) is 21.9. The lowest BCUT2D eigenvalue weighted by Gasteiger charge is -2.01. The molecule has 0 rings (SSSR count). The summed E-state index contributed by atoms with van der Waals surface area (Å²) in [5.41, 5.74) is 0. The lowest BCUT2D eigenvalue weighted by atomic mass is 10.0. The average molecular weight is 341 g/mol. The molecule has 4 heteroatoms. The maximum Gasteiger partial charge on any atom is 0.329 e. The molecular weight excluding hydrogens is 304 g/mol.